The summed E-state index contributed by atoms with van der Waals surface area (Å²) in [4.78, 5) is 23.8. The number of carbonyl (C=O) groups is 2. The zero-order valence-corrected chi connectivity index (χ0v) is 13.1. The lowest BCUT2D eigenvalue weighted by Crippen LogP contribution is -2.15. The van der Waals surface area contributed by atoms with Crippen LogP contribution in [0.25, 0.3) is 11.1 Å². The van der Waals surface area contributed by atoms with Crippen molar-refractivity contribution in [2.75, 3.05) is 5.32 Å². The molecule has 0 aliphatic carbocycles. The van der Waals surface area contributed by atoms with Crippen molar-refractivity contribution in [3.05, 3.63) is 83.9 Å². The molecule has 0 aromatic heterocycles. The molecule has 0 saturated heterocycles. The molecule has 0 atom stereocenters. The zero-order chi connectivity index (χ0) is 17.8. The number of rotatable bonds is 4. The summed E-state index contributed by atoms with van der Waals surface area (Å²) in [6, 6.07) is 20.2. The summed E-state index contributed by atoms with van der Waals surface area (Å²) >= 11 is 0. The van der Waals surface area contributed by atoms with Crippen LogP contribution in [0.1, 0.15) is 20.7 Å². The third-order valence-electron chi connectivity index (χ3n) is 3.75. The minimum absolute atomic E-state index is 0.0246. The molecule has 25 heavy (non-hydrogen) atoms. The second kappa shape index (κ2) is 6.88. The average Bonchev–Trinajstić information content (AvgIpc) is 2.62. The Bertz CT molecular complexity index is 935. The van der Waals surface area contributed by atoms with E-state index in [1.807, 2.05) is 30.3 Å². The Hall–Kier alpha value is -3.60. The third-order valence-corrected chi connectivity index (χ3v) is 3.75. The summed E-state index contributed by atoms with van der Waals surface area (Å²) in [7, 11) is 0. The summed E-state index contributed by atoms with van der Waals surface area (Å²) in [5, 5.41) is 21.7. The topological polar surface area (TPSA) is 86.6 Å². The number of phenolic OH excluding ortho intramolecular Hbond substituents is 1. The average molecular weight is 333 g/mol. The van der Waals surface area contributed by atoms with E-state index in [4.69, 9.17) is 0 Å². The van der Waals surface area contributed by atoms with E-state index in [0.29, 0.717) is 0 Å². The molecule has 0 saturated carbocycles. The molecule has 0 heterocycles. The lowest BCUT2D eigenvalue weighted by atomic mass is 10.0. The summed E-state index contributed by atoms with van der Waals surface area (Å²) in [6.45, 7) is 0. The Morgan fingerprint density at radius 1 is 0.760 bits per heavy atom. The van der Waals surface area contributed by atoms with Gasteiger partial charge in [0.1, 0.15) is 5.75 Å². The van der Waals surface area contributed by atoms with E-state index in [0.717, 1.165) is 11.1 Å². The maximum absolute atomic E-state index is 12.4. The molecule has 3 rings (SSSR count). The maximum Gasteiger partial charge on any atom is 0.337 e. The fourth-order valence-electron chi connectivity index (χ4n) is 2.50. The van der Waals surface area contributed by atoms with E-state index < -0.39 is 11.9 Å². The minimum atomic E-state index is -1.15. The van der Waals surface area contributed by atoms with E-state index in [9.17, 15) is 19.8 Å². The van der Waals surface area contributed by atoms with Crippen LogP contribution in [0, 0.1) is 0 Å². The molecule has 3 N–H and O–H groups in total. The normalized spacial score (nSPS) is 10.2. The predicted octanol–water partition coefficient (Wildman–Crippen LogP) is 4.01. The van der Waals surface area contributed by atoms with E-state index in [2.05, 4.69) is 5.32 Å². The summed E-state index contributed by atoms with van der Waals surface area (Å²) in [5.41, 5.74) is 1.89. The number of para-hydroxylation sites is 1. The first-order valence-corrected chi connectivity index (χ1v) is 7.58. The van der Waals surface area contributed by atoms with Gasteiger partial charge in [0.15, 0.2) is 0 Å². The Balaban J connectivity index is 2.00. The highest BCUT2D eigenvalue weighted by Crippen LogP contribution is 2.27. The Kier molecular flexibility index (Phi) is 4.48. The molecule has 5 heteroatoms. The number of carboxylic acids is 1. The van der Waals surface area contributed by atoms with Gasteiger partial charge in [-0.3, -0.25) is 4.79 Å². The van der Waals surface area contributed by atoms with Crippen molar-refractivity contribution in [1.29, 1.82) is 0 Å². The number of hydrogen-bond donors (Lipinski definition) is 3. The highest BCUT2D eigenvalue weighted by atomic mass is 16.4. The van der Waals surface area contributed by atoms with Gasteiger partial charge in [0.05, 0.1) is 16.8 Å². The highest BCUT2D eigenvalue weighted by Gasteiger charge is 2.16. The van der Waals surface area contributed by atoms with Crippen LogP contribution in [0.2, 0.25) is 0 Å². The SMILES string of the molecule is O=C(Nc1cc(-c2ccccc2)ccc1C(=O)O)c1ccccc1O. The van der Waals surface area contributed by atoms with E-state index in [1.165, 1.54) is 18.2 Å². The lowest BCUT2D eigenvalue weighted by molar-refractivity contribution is 0.0698. The van der Waals surface area contributed by atoms with Gasteiger partial charge in [-0.05, 0) is 35.4 Å². The van der Waals surface area contributed by atoms with E-state index in [1.54, 1.807) is 24.3 Å². The minimum Gasteiger partial charge on any atom is -0.507 e. The van der Waals surface area contributed by atoms with Crippen LogP contribution >= 0.6 is 0 Å². The number of aromatic hydroxyl groups is 1. The van der Waals surface area contributed by atoms with Crippen molar-refractivity contribution in [3.63, 3.8) is 0 Å². The molecule has 0 spiro atoms. The summed E-state index contributed by atoms with van der Waals surface area (Å²) in [5.74, 6) is -1.89. The van der Waals surface area contributed by atoms with Gasteiger partial charge >= 0.3 is 5.97 Å². The van der Waals surface area contributed by atoms with Gasteiger partial charge in [0, 0.05) is 0 Å². The van der Waals surface area contributed by atoms with Crippen LogP contribution in [0.3, 0.4) is 0 Å². The van der Waals surface area contributed by atoms with Crippen LogP contribution in [0.15, 0.2) is 72.8 Å². The van der Waals surface area contributed by atoms with Gasteiger partial charge in [-0.25, -0.2) is 4.79 Å². The smallest absolute Gasteiger partial charge is 0.337 e. The number of nitrogens with one attached hydrogen (secondary N) is 1. The molecule has 0 bridgehead atoms. The first-order valence-electron chi connectivity index (χ1n) is 7.58. The van der Waals surface area contributed by atoms with Crippen LogP contribution < -0.4 is 5.32 Å². The highest BCUT2D eigenvalue weighted by molar-refractivity contribution is 6.09. The van der Waals surface area contributed by atoms with Crippen LogP contribution in [0.5, 0.6) is 5.75 Å². The first-order chi connectivity index (χ1) is 12.1. The van der Waals surface area contributed by atoms with Gasteiger partial charge in [-0.1, -0.05) is 48.5 Å². The third kappa shape index (κ3) is 3.50. The molecular formula is C20H15NO4. The fourth-order valence-corrected chi connectivity index (χ4v) is 2.50. The summed E-state index contributed by atoms with van der Waals surface area (Å²) in [6.07, 6.45) is 0. The molecule has 0 radical (unpaired) electrons. The van der Waals surface area contributed by atoms with Crippen molar-refractivity contribution in [3.8, 4) is 16.9 Å². The number of aromatic carboxylic acids is 1. The van der Waals surface area contributed by atoms with Gasteiger partial charge in [0.2, 0.25) is 0 Å². The standard InChI is InChI=1S/C20H15NO4/c22-18-9-5-4-8-16(18)19(23)21-17-12-14(10-11-15(17)20(24)25)13-6-2-1-3-7-13/h1-12,22H,(H,21,23)(H,24,25). The fraction of sp³-hybridized carbons (Fsp3) is 0. The number of carbonyl (C=O) groups excluding carboxylic acids is 1. The molecule has 0 fully saturated rings. The van der Waals surface area contributed by atoms with Crippen LogP contribution in [-0.4, -0.2) is 22.1 Å². The van der Waals surface area contributed by atoms with Gasteiger partial charge in [-0.15, -0.1) is 0 Å². The molecule has 0 unspecified atom stereocenters. The van der Waals surface area contributed by atoms with Gasteiger partial charge < -0.3 is 15.5 Å². The Morgan fingerprint density at radius 3 is 2.12 bits per heavy atom. The van der Waals surface area contributed by atoms with Crippen molar-refractivity contribution < 1.29 is 19.8 Å². The number of amides is 1. The van der Waals surface area contributed by atoms with Crippen molar-refractivity contribution in [1.82, 2.24) is 0 Å². The summed E-state index contributed by atoms with van der Waals surface area (Å²) < 4.78 is 0. The second-order valence-corrected chi connectivity index (χ2v) is 5.40. The van der Waals surface area contributed by atoms with E-state index >= 15 is 0 Å². The predicted molar refractivity (Wildman–Crippen MR) is 94.9 cm³/mol. The quantitative estimate of drug-likeness (QED) is 0.673. The zero-order valence-electron chi connectivity index (χ0n) is 13.1. The Labute approximate surface area is 144 Å². The van der Waals surface area contributed by atoms with Crippen molar-refractivity contribution in [2.24, 2.45) is 0 Å². The molecule has 124 valence electrons. The first kappa shape index (κ1) is 16.3. The van der Waals surface area contributed by atoms with E-state index in [-0.39, 0.29) is 22.6 Å². The van der Waals surface area contributed by atoms with Crippen molar-refractivity contribution >= 4 is 17.6 Å². The lowest BCUT2D eigenvalue weighted by Gasteiger charge is -2.12. The molecule has 3 aromatic carbocycles. The molecule has 0 aliphatic rings. The number of carboxylic acid groups (broad SMARTS) is 1. The van der Waals surface area contributed by atoms with Crippen molar-refractivity contribution in [2.45, 2.75) is 0 Å². The number of phenols is 1. The largest absolute Gasteiger partial charge is 0.507 e. The number of benzene rings is 3. The van der Waals surface area contributed by atoms with Gasteiger partial charge in [0.25, 0.3) is 5.91 Å². The number of hydrogen-bond acceptors (Lipinski definition) is 3. The van der Waals surface area contributed by atoms with Crippen LogP contribution in [0.4, 0.5) is 5.69 Å². The van der Waals surface area contributed by atoms with Crippen LogP contribution in [-0.2, 0) is 0 Å². The maximum atomic E-state index is 12.4. The Morgan fingerprint density at radius 2 is 1.44 bits per heavy atom. The second-order valence-electron chi connectivity index (χ2n) is 5.40. The monoisotopic (exact) mass is 333 g/mol. The molecule has 1 amide bonds. The molecule has 3 aromatic rings. The molecule has 0 aliphatic heterocycles. The van der Waals surface area contributed by atoms with Gasteiger partial charge in [-0.2, -0.15) is 0 Å². The molecule has 5 nitrogen and oxygen atoms in total. The molecular weight excluding hydrogens is 318 g/mol. The number of anilines is 1.